The van der Waals surface area contributed by atoms with Gasteiger partial charge in [0.25, 0.3) is 0 Å². The van der Waals surface area contributed by atoms with E-state index in [0.29, 0.717) is 22.7 Å². The van der Waals surface area contributed by atoms with Crippen LogP contribution in [0.25, 0.3) is 10.9 Å². The van der Waals surface area contributed by atoms with Gasteiger partial charge in [-0.25, -0.2) is 4.79 Å². The summed E-state index contributed by atoms with van der Waals surface area (Å²) < 4.78 is 7.09. The molecule has 4 rings (SSSR count). The van der Waals surface area contributed by atoms with E-state index in [9.17, 15) is 4.79 Å². The number of esters is 1. The maximum atomic E-state index is 12.0. The van der Waals surface area contributed by atoms with Crippen molar-refractivity contribution in [2.24, 2.45) is 0 Å². The van der Waals surface area contributed by atoms with Crippen LogP contribution in [-0.2, 0) is 17.7 Å². The molecule has 0 unspecified atom stereocenters. The molecule has 2 aromatic carbocycles. The van der Waals surface area contributed by atoms with Crippen molar-refractivity contribution in [3.8, 4) is 0 Å². The van der Waals surface area contributed by atoms with Crippen molar-refractivity contribution in [3.05, 3.63) is 100 Å². The van der Waals surface area contributed by atoms with Gasteiger partial charge in [0.2, 0.25) is 0 Å². The lowest BCUT2D eigenvalue weighted by Gasteiger charge is -2.09. The van der Waals surface area contributed by atoms with E-state index in [1.54, 1.807) is 12.3 Å². The highest BCUT2D eigenvalue weighted by Gasteiger charge is 2.15. The Bertz CT molecular complexity index is 1140. The van der Waals surface area contributed by atoms with E-state index >= 15 is 0 Å². The molecular formula is C23H19ClN2O2. The molecule has 0 saturated carbocycles. The molecule has 0 bridgehead atoms. The van der Waals surface area contributed by atoms with E-state index in [1.807, 2.05) is 6.07 Å². The molecule has 0 aliphatic heterocycles. The lowest BCUT2D eigenvalue weighted by atomic mass is 10.0. The van der Waals surface area contributed by atoms with Crippen molar-refractivity contribution in [3.63, 3.8) is 0 Å². The molecule has 0 radical (unpaired) electrons. The van der Waals surface area contributed by atoms with Crippen LogP contribution in [-0.4, -0.2) is 22.6 Å². The number of methoxy groups -OCH3 is 1. The lowest BCUT2D eigenvalue weighted by molar-refractivity contribution is 0.0599. The van der Waals surface area contributed by atoms with Crippen molar-refractivity contribution >= 4 is 28.5 Å². The molecule has 2 heterocycles. The summed E-state index contributed by atoms with van der Waals surface area (Å²) in [5, 5.41) is 1.57. The Morgan fingerprint density at radius 2 is 1.89 bits per heavy atom. The Hall–Kier alpha value is -3.11. The third kappa shape index (κ3) is 3.78. The van der Waals surface area contributed by atoms with Crippen molar-refractivity contribution in [1.29, 1.82) is 0 Å². The van der Waals surface area contributed by atoms with Crippen LogP contribution in [0.5, 0.6) is 0 Å². The van der Waals surface area contributed by atoms with Gasteiger partial charge in [0.1, 0.15) is 0 Å². The van der Waals surface area contributed by atoms with Crippen LogP contribution in [0.2, 0.25) is 5.02 Å². The molecule has 0 spiro atoms. The molecule has 0 fully saturated rings. The Morgan fingerprint density at radius 1 is 1.07 bits per heavy atom. The second kappa shape index (κ2) is 7.87. The standard InChI is InChI=1S/C23H19ClN2O2/c1-28-23(27)20-13-19(24)14-25-21(20)12-17-7-8-22-18(11-17)9-10-26(22)15-16-5-3-2-4-6-16/h2-11,13-14H,12,15H2,1H3. The molecule has 0 N–H and O–H groups in total. The average Bonchev–Trinajstić information content (AvgIpc) is 3.11. The molecule has 0 amide bonds. The second-order valence-corrected chi connectivity index (χ2v) is 7.07. The summed E-state index contributed by atoms with van der Waals surface area (Å²) in [6.07, 6.45) is 4.18. The van der Waals surface area contributed by atoms with Crippen LogP contribution < -0.4 is 0 Å². The molecule has 2 aromatic heterocycles. The van der Waals surface area contributed by atoms with Crippen molar-refractivity contribution in [2.45, 2.75) is 13.0 Å². The summed E-state index contributed by atoms with van der Waals surface area (Å²) >= 11 is 6.00. The number of nitrogens with zero attached hydrogens (tertiary/aromatic N) is 2. The number of benzene rings is 2. The molecule has 28 heavy (non-hydrogen) atoms. The van der Waals surface area contributed by atoms with Crippen LogP contribution in [0.3, 0.4) is 0 Å². The van der Waals surface area contributed by atoms with Crippen LogP contribution in [0.15, 0.2) is 73.1 Å². The van der Waals surface area contributed by atoms with Gasteiger partial charge in [-0.2, -0.15) is 0 Å². The first-order valence-corrected chi connectivity index (χ1v) is 9.36. The summed E-state index contributed by atoms with van der Waals surface area (Å²) in [7, 11) is 1.36. The molecule has 140 valence electrons. The van der Waals surface area contributed by atoms with Gasteiger partial charge in [-0.15, -0.1) is 0 Å². The van der Waals surface area contributed by atoms with Gasteiger partial charge in [-0.05, 0) is 40.8 Å². The van der Waals surface area contributed by atoms with E-state index in [1.165, 1.54) is 18.2 Å². The van der Waals surface area contributed by atoms with Gasteiger partial charge in [-0.1, -0.05) is 48.0 Å². The number of aromatic nitrogens is 2. The topological polar surface area (TPSA) is 44.1 Å². The largest absolute Gasteiger partial charge is 0.465 e. The van der Waals surface area contributed by atoms with Gasteiger partial charge in [-0.3, -0.25) is 4.98 Å². The summed E-state index contributed by atoms with van der Waals surface area (Å²) in [5.41, 5.74) is 4.56. The SMILES string of the molecule is COC(=O)c1cc(Cl)cnc1Cc1ccc2c(ccn2Cc2ccccc2)c1. The van der Waals surface area contributed by atoms with E-state index < -0.39 is 5.97 Å². The number of pyridine rings is 1. The molecular weight excluding hydrogens is 372 g/mol. The number of fused-ring (bicyclic) bond motifs is 1. The van der Waals surface area contributed by atoms with Gasteiger partial charge >= 0.3 is 5.97 Å². The highest BCUT2D eigenvalue weighted by molar-refractivity contribution is 6.30. The smallest absolute Gasteiger partial charge is 0.339 e. The van der Waals surface area contributed by atoms with E-state index in [0.717, 1.165) is 17.5 Å². The molecule has 4 aromatic rings. The number of carbonyl (C=O) groups is 1. The molecule has 0 aliphatic rings. The maximum Gasteiger partial charge on any atom is 0.339 e. The van der Waals surface area contributed by atoms with Crippen LogP contribution in [0, 0.1) is 0 Å². The highest BCUT2D eigenvalue weighted by Crippen LogP contribution is 2.22. The lowest BCUT2D eigenvalue weighted by Crippen LogP contribution is -2.08. The molecule has 4 nitrogen and oxygen atoms in total. The van der Waals surface area contributed by atoms with Crippen molar-refractivity contribution in [2.75, 3.05) is 7.11 Å². The second-order valence-electron chi connectivity index (χ2n) is 6.64. The quantitative estimate of drug-likeness (QED) is 0.444. The van der Waals surface area contributed by atoms with Crippen LogP contribution >= 0.6 is 11.6 Å². The first kappa shape index (κ1) is 18.3. The van der Waals surface area contributed by atoms with Gasteiger partial charge in [0, 0.05) is 30.9 Å². The Kier molecular flexibility index (Phi) is 5.13. The van der Waals surface area contributed by atoms with E-state index in [-0.39, 0.29) is 0 Å². The Labute approximate surface area is 168 Å². The minimum Gasteiger partial charge on any atom is -0.465 e. The van der Waals surface area contributed by atoms with E-state index in [4.69, 9.17) is 16.3 Å². The fraction of sp³-hybridized carbons (Fsp3) is 0.130. The maximum absolute atomic E-state index is 12.0. The third-order valence-electron chi connectivity index (χ3n) is 4.74. The number of carbonyl (C=O) groups excluding carboxylic acids is 1. The number of rotatable bonds is 5. The third-order valence-corrected chi connectivity index (χ3v) is 4.95. The zero-order chi connectivity index (χ0) is 19.5. The molecule has 0 atom stereocenters. The highest BCUT2D eigenvalue weighted by atomic mass is 35.5. The van der Waals surface area contributed by atoms with Crippen LogP contribution in [0.4, 0.5) is 0 Å². The number of hydrogen-bond donors (Lipinski definition) is 0. The Balaban J connectivity index is 1.62. The van der Waals surface area contributed by atoms with Crippen LogP contribution in [0.1, 0.15) is 27.2 Å². The molecule has 5 heteroatoms. The normalized spacial score (nSPS) is 10.9. The minimum atomic E-state index is -0.430. The molecule has 0 aliphatic carbocycles. The average molecular weight is 391 g/mol. The van der Waals surface area contributed by atoms with Gasteiger partial charge < -0.3 is 9.30 Å². The fourth-order valence-electron chi connectivity index (χ4n) is 3.37. The predicted molar refractivity (Wildman–Crippen MR) is 111 cm³/mol. The van der Waals surface area contributed by atoms with Crippen molar-refractivity contribution in [1.82, 2.24) is 9.55 Å². The summed E-state index contributed by atoms with van der Waals surface area (Å²) in [5.74, 6) is -0.430. The van der Waals surface area contributed by atoms with E-state index in [2.05, 4.69) is 64.3 Å². The predicted octanol–water partition coefficient (Wildman–Crippen LogP) is 5.12. The zero-order valence-corrected chi connectivity index (χ0v) is 16.2. The first-order valence-electron chi connectivity index (χ1n) is 8.98. The number of hydrogen-bond acceptors (Lipinski definition) is 3. The van der Waals surface area contributed by atoms with Crippen molar-refractivity contribution < 1.29 is 9.53 Å². The van der Waals surface area contributed by atoms with Gasteiger partial charge in [0.15, 0.2) is 0 Å². The van der Waals surface area contributed by atoms with Gasteiger partial charge in [0.05, 0.1) is 23.4 Å². The number of halogens is 1. The monoisotopic (exact) mass is 390 g/mol. The first-order chi connectivity index (χ1) is 13.6. The zero-order valence-electron chi connectivity index (χ0n) is 15.4. The Morgan fingerprint density at radius 3 is 2.68 bits per heavy atom. The summed E-state index contributed by atoms with van der Waals surface area (Å²) in [6.45, 7) is 0.828. The number of ether oxygens (including phenoxy) is 1. The fourth-order valence-corrected chi connectivity index (χ4v) is 3.52. The molecule has 0 saturated heterocycles. The summed E-state index contributed by atoms with van der Waals surface area (Å²) in [4.78, 5) is 16.4. The minimum absolute atomic E-state index is 0.400. The summed E-state index contributed by atoms with van der Waals surface area (Å²) in [6, 6.07) is 20.4.